The molecule has 0 spiro atoms. The largest absolute Gasteiger partial charge is 0.357 e. The third-order valence-corrected chi connectivity index (χ3v) is 5.90. The number of fused-ring (bicyclic) bond motifs is 1. The van der Waals surface area contributed by atoms with E-state index in [-0.39, 0.29) is 6.23 Å². The summed E-state index contributed by atoms with van der Waals surface area (Å²) in [4.78, 5) is 4.65. The number of rotatable bonds is 4. The second-order valence-electron chi connectivity index (χ2n) is 8.04. The first-order valence-corrected chi connectivity index (χ1v) is 10.1. The van der Waals surface area contributed by atoms with Crippen molar-refractivity contribution in [2.75, 3.05) is 13.2 Å². The molecule has 142 valence electrons. The molecule has 2 aliphatic rings. The third kappa shape index (κ3) is 3.39. The fourth-order valence-corrected chi connectivity index (χ4v) is 4.42. The highest BCUT2D eigenvalue weighted by molar-refractivity contribution is 5.81. The zero-order chi connectivity index (χ0) is 18.2. The SMILES string of the molecule is C[C@H]1CC(Cn2cnc3cc(-c4cnn(C5CCCCO5)c4)ccc32)CN1. The predicted molar refractivity (Wildman–Crippen MR) is 105 cm³/mol. The van der Waals surface area contributed by atoms with Gasteiger partial charge in [-0.15, -0.1) is 0 Å². The highest BCUT2D eigenvalue weighted by Crippen LogP contribution is 2.28. The molecule has 0 saturated carbocycles. The summed E-state index contributed by atoms with van der Waals surface area (Å²) >= 11 is 0. The van der Waals surface area contributed by atoms with Gasteiger partial charge in [-0.3, -0.25) is 0 Å². The topological polar surface area (TPSA) is 56.9 Å². The minimum atomic E-state index is 0.0813. The maximum Gasteiger partial charge on any atom is 0.150 e. The Balaban J connectivity index is 1.36. The van der Waals surface area contributed by atoms with Gasteiger partial charge in [0.1, 0.15) is 6.23 Å². The summed E-state index contributed by atoms with van der Waals surface area (Å²) < 4.78 is 10.1. The van der Waals surface area contributed by atoms with Crippen LogP contribution in [-0.2, 0) is 11.3 Å². The van der Waals surface area contributed by atoms with E-state index in [1.165, 1.54) is 18.4 Å². The number of hydrogen-bond acceptors (Lipinski definition) is 4. The van der Waals surface area contributed by atoms with Crippen molar-refractivity contribution in [1.82, 2.24) is 24.6 Å². The van der Waals surface area contributed by atoms with Crippen LogP contribution in [0.4, 0.5) is 0 Å². The Morgan fingerprint density at radius 1 is 1.26 bits per heavy atom. The monoisotopic (exact) mass is 365 g/mol. The maximum absolute atomic E-state index is 5.84. The van der Waals surface area contributed by atoms with Gasteiger partial charge in [-0.05, 0) is 62.8 Å². The van der Waals surface area contributed by atoms with Crippen molar-refractivity contribution in [3.8, 4) is 11.1 Å². The van der Waals surface area contributed by atoms with Gasteiger partial charge in [0.2, 0.25) is 0 Å². The van der Waals surface area contributed by atoms with E-state index >= 15 is 0 Å². The van der Waals surface area contributed by atoms with Crippen molar-refractivity contribution >= 4 is 11.0 Å². The first kappa shape index (κ1) is 17.0. The Hall–Kier alpha value is -2.18. The zero-order valence-corrected chi connectivity index (χ0v) is 15.8. The number of nitrogens with one attached hydrogen (secondary N) is 1. The van der Waals surface area contributed by atoms with Gasteiger partial charge < -0.3 is 14.6 Å². The van der Waals surface area contributed by atoms with Gasteiger partial charge in [0.05, 0.1) is 23.6 Å². The van der Waals surface area contributed by atoms with E-state index in [2.05, 4.69) is 51.3 Å². The van der Waals surface area contributed by atoms with E-state index < -0.39 is 0 Å². The Bertz CT molecular complexity index is 924. The lowest BCUT2D eigenvalue weighted by Crippen LogP contribution is -2.18. The van der Waals surface area contributed by atoms with Gasteiger partial charge in [-0.25, -0.2) is 9.67 Å². The van der Waals surface area contributed by atoms with Gasteiger partial charge in [-0.1, -0.05) is 6.07 Å². The van der Waals surface area contributed by atoms with Crippen LogP contribution in [0.5, 0.6) is 0 Å². The molecule has 5 rings (SSSR count). The molecule has 2 fully saturated rings. The Kier molecular flexibility index (Phi) is 4.45. The first-order chi connectivity index (χ1) is 13.3. The molecule has 0 radical (unpaired) electrons. The summed E-state index contributed by atoms with van der Waals surface area (Å²) in [5.74, 6) is 0.686. The second kappa shape index (κ2) is 7.09. The van der Waals surface area contributed by atoms with Crippen LogP contribution >= 0.6 is 0 Å². The first-order valence-electron chi connectivity index (χ1n) is 10.1. The highest BCUT2D eigenvalue weighted by atomic mass is 16.5. The van der Waals surface area contributed by atoms with Crippen LogP contribution in [0.3, 0.4) is 0 Å². The fourth-order valence-electron chi connectivity index (χ4n) is 4.42. The van der Waals surface area contributed by atoms with E-state index in [0.29, 0.717) is 12.0 Å². The molecule has 1 aromatic carbocycles. The molecule has 3 atom stereocenters. The minimum Gasteiger partial charge on any atom is -0.357 e. The molecule has 27 heavy (non-hydrogen) atoms. The van der Waals surface area contributed by atoms with Gasteiger partial charge in [-0.2, -0.15) is 5.10 Å². The number of ether oxygens (including phenoxy) is 1. The van der Waals surface area contributed by atoms with E-state index in [0.717, 1.165) is 49.2 Å². The van der Waals surface area contributed by atoms with Crippen molar-refractivity contribution in [2.24, 2.45) is 5.92 Å². The third-order valence-electron chi connectivity index (χ3n) is 5.90. The van der Waals surface area contributed by atoms with Gasteiger partial charge in [0.15, 0.2) is 0 Å². The van der Waals surface area contributed by atoms with E-state index in [4.69, 9.17) is 4.74 Å². The molecule has 0 amide bonds. The molecule has 2 saturated heterocycles. The summed E-state index contributed by atoms with van der Waals surface area (Å²) in [5, 5.41) is 8.07. The highest BCUT2D eigenvalue weighted by Gasteiger charge is 2.21. The van der Waals surface area contributed by atoms with E-state index in [1.807, 2.05) is 17.2 Å². The molecular weight excluding hydrogens is 338 g/mol. The smallest absolute Gasteiger partial charge is 0.150 e. The standard InChI is InChI=1S/C21H27N5O/c1-15-8-16(10-22-15)12-25-14-23-19-9-17(5-6-20(19)25)18-11-24-26(13-18)21-4-2-3-7-27-21/h5-6,9,11,13-16,21-22H,2-4,7-8,10,12H2,1H3/t15-,16?,21?/m0/s1. The summed E-state index contributed by atoms with van der Waals surface area (Å²) in [6.45, 7) is 5.22. The van der Waals surface area contributed by atoms with Crippen LogP contribution in [0.2, 0.25) is 0 Å². The molecule has 1 N–H and O–H groups in total. The number of benzene rings is 1. The van der Waals surface area contributed by atoms with Crippen LogP contribution in [0.25, 0.3) is 22.2 Å². The molecular formula is C21H27N5O. The molecule has 6 nitrogen and oxygen atoms in total. The van der Waals surface area contributed by atoms with Crippen molar-refractivity contribution in [3.63, 3.8) is 0 Å². The molecule has 2 unspecified atom stereocenters. The molecule has 6 heteroatoms. The van der Waals surface area contributed by atoms with Crippen molar-refractivity contribution in [2.45, 2.75) is 51.4 Å². The van der Waals surface area contributed by atoms with Crippen LogP contribution in [0.1, 0.15) is 38.8 Å². The number of aromatic nitrogens is 4. The number of imidazole rings is 1. The van der Waals surface area contributed by atoms with E-state index in [9.17, 15) is 0 Å². The van der Waals surface area contributed by atoms with Crippen LogP contribution < -0.4 is 5.32 Å². The molecule has 0 aliphatic carbocycles. The normalized spacial score (nSPS) is 26.0. The molecule has 2 aliphatic heterocycles. The Morgan fingerprint density at radius 3 is 3.04 bits per heavy atom. The summed E-state index contributed by atoms with van der Waals surface area (Å²) in [6.07, 6.45) is 10.7. The quantitative estimate of drug-likeness (QED) is 0.768. The molecule has 4 heterocycles. The summed E-state index contributed by atoms with van der Waals surface area (Å²) in [5.41, 5.74) is 4.54. The second-order valence-corrected chi connectivity index (χ2v) is 8.04. The molecule has 0 bridgehead atoms. The van der Waals surface area contributed by atoms with Gasteiger partial charge >= 0.3 is 0 Å². The summed E-state index contributed by atoms with van der Waals surface area (Å²) in [7, 11) is 0. The lowest BCUT2D eigenvalue weighted by molar-refractivity contribution is -0.0394. The summed E-state index contributed by atoms with van der Waals surface area (Å²) in [6, 6.07) is 7.17. The Morgan fingerprint density at radius 2 is 2.22 bits per heavy atom. The maximum atomic E-state index is 5.84. The number of hydrogen-bond donors (Lipinski definition) is 1. The lowest BCUT2D eigenvalue weighted by Gasteiger charge is -2.22. The predicted octanol–water partition coefficient (Wildman–Crippen LogP) is 3.60. The van der Waals surface area contributed by atoms with Crippen molar-refractivity contribution in [1.29, 1.82) is 0 Å². The average Bonchev–Trinajstić information content (AvgIpc) is 3.43. The van der Waals surface area contributed by atoms with Gasteiger partial charge in [0.25, 0.3) is 0 Å². The fraction of sp³-hybridized carbons (Fsp3) is 0.524. The van der Waals surface area contributed by atoms with Gasteiger partial charge in [0, 0.05) is 31.0 Å². The average molecular weight is 365 g/mol. The van der Waals surface area contributed by atoms with Crippen LogP contribution in [0.15, 0.2) is 36.9 Å². The van der Waals surface area contributed by atoms with Crippen molar-refractivity contribution < 1.29 is 4.74 Å². The Labute approximate surface area is 159 Å². The zero-order valence-electron chi connectivity index (χ0n) is 15.8. The van der Waals surface area contributed by atoms with Crippen molar-refractivity contribution in [3.05, 3.63) is 36.9 Å². The van der Waals surface area contributed by atoms with E-state index in [1.54, 1.807) is 0 Å². The van der Waals surface area contributed by atoms with Crippen LogP contribution in [-0.4, -0.2) is 38.5 Å². The lowest BCUT2D eigenvalue weighted by atomic mass is 10.1. The number of nitrogens with zero attached hydrogens (tertiary/aromatic N) is 4. The molecule has 3 aromatic rings. The molecule has 2 aromatic heterocycles. The minimum absolute atomic E-state index is 0.0813. The van der Waals surface area contributed by atoms with Crippen LogP contribution in [0, 0.1) is 5.92 Å².